The fourth-order valence-electron chi connectivity index (χ4n) is 3.32. The standard InChI is InChI=1S/C24H19F4N7O/c1-35-13-16(11-31-35)15(10-29)8-22-30-12-21(33-22)14-2-5-18(6-3-14)32-23(36)34-20-9-17(24(26,27)28)4-7-19(20)25/h2-13,29H,1H3,(H,30,33)(H2,32,34,36)/p+1/b15-8+,29-10?. The minimum atomic E-state index is -4.67. The van der Waals surface area contributed by atoms with Crippen molar-refractivity contribution in [3.05, 3.63) is 83.8 Å². The summed E-state index contributed by atoms with van der Waals surface area (Å²) in [4.78, 5) is 19.7. The van der Waals surface area contributed by atoms with E-state index in [-0.39, 0.29) is 0 Å². The van der Waals surface area contributed by atoms with Crippen LogP contribution in [0.2, 0.25) is 0 Å². The van der Waals surface area contributed by atoms with Crippen LogP contribution in [0.4, 0.5) is 33.7 Å². The lowest BCUT2D eigenvalue weighted by Crippen LogP contribution is -2.30. The van der Waals surface area contributed by atoms with Gasteiger partial charge in [0.25, 0.3) is 0 Å². The van der Waals surface area contributed by atoms with Gasteiger partial charge in [-0.05, 0) is 42.0 Å². The monoisotopic (exact) mass is 498 g/mol. The Morgan fingerprint density at radius 3 is 2.50 bits per heavy atom. The van der Waals surface area contributed by atoms with Gasteiger partial charge in [-0.1, -0.05) is 12.1 Å². The summed E-state index contributed by atoms with van der Waals surface area (Å²) < 4.78 is 54.1. The molecule has 0 aliphatic rings. The maximum Gasteiger partial charge on any atom is 0.416 e. The predicted molar refractivity (Wildman–Crippen MR) is 127 cm³/mol. The van der Waals surface area contributed by atoms with E-state index in [1.54, 1.807) is 54.5 Å². The normalized spacial score (nSPS) is 11.9. The second kappa shape index (κ2) is 9.86. The van der Waals surface area contributed by atoms with E-state index in [4.69, 9.17) is 5.41 Å². The number of hydrogen-bond acceptors (Lipinski definition) is 3. The van der Waals surface area contributed by atoms with Crippen molar-refractivity contribution >= 4 is 35.3 Å². The van der Waals surface area contributed by atoms with Crippen molar-refractivity contribution in [3.63, 3.8) is 0 Å². The topological polar surface area (TPSA) is 113 Å². The lowest BCUT2D eigenvalue weighted by Gasteiger charge is -2.12. The van der Waals surface area contributed by atoms with Crippen molar-refractivity contribution in [1.82, 2.24) is 19.7 Å². The summed E-state index contributed by atoms with van der Waals surface area (Å²) in [6.45, 7) is 0. The smallest absolute Gasteiger partial charge is 0.338 e. The van der Waals surface area contributed by atoms with E-state index in [0.717, 1.165) is 16.7 Å². The predicted octanol–water partition coefficient (Wildman–Crippen LogP) is 3.98. The Balaban J connectivity index is 1.43. The van der Waals surface area contributed by atoms with Crippen molar-refractivity contribution in [2.24, 2.45) is 7.05 Å². The third-order valence-electron chi connectivity index (χ3n) is 5.10. The second-order valence-electron chi connectivity index (χ2n) is 7.70. The summed E-state index contributed by atoms with van der Waals surface area (Å²) in [5.41, 5.74) is 1.71. The Bertz CT molecular complexity index is 1440. The van der Waals surface area contributed by atoms with Crippen LogP contribution in [0.1, 0.15) is 17.0 Å². The number of nitrogens with zero attached hydrogens (tertiary/aromatic N) is 3. The van der Waals surface area contributed by atoms with E-state index < -0.39 is 29.3 Å². The second-order valence-corrected chi connectivity index (χ2v) is 7.70. The molecule has 0 aliphatic carbocycles. The molecule has 0 spiro atoms. The highest BCUT2D eigenvalue weighted by Gasteiger charge is 2.31. The van der Waals surface area contributed by atoms with E-state index in [9.17, 15) is 22.4 Å². The summed E-state index contributed by atoms with van der Waals surface area (Å²) in [6.07, 6.45) is 3.70. The Hall–Kier alpha value is -4.74. The molecule has 4 aromatic rings. The molecule has 5 N–H and O–H groups in total. The Morgan fingerprint density at radius 2 is 1.86 bits per heavy atom. The molecule has 184 valence electrons. The van der Waals surface area contributed by atoms with Crippen molar-refractivity contribution in [3.8, 4) is 11.3 Å². The number of imidazole rings is 1. The van der Waals surface area contributed by atoms with Crippen molar-refractivity contribution in [1.29, 1.82) is 0 Å². The van der Waals surface area contributed by atoms with Crippen molar-refractivity contribution in [2.75, 3.05) is 10.6 Å². The van der Waals surface area contributed by atoms with Gasteiger partial charge < -0.3 is 15.6 Å². The number of hydrogen-bond donors (Lipinski definition) is 4. The maximum absolute atomic E-state index is 13.9. The number of benzene rings is 2. The molecule has 8 nitrogen and oxygen atoms in total. The molecule has 0 atom stereocenters. The Kier molecular flexibility index (Phi) is 6.68. The van der Waals surface area contributed by atoms with Crippen LogP contribution in [0, 0.1) is 5.82 Å². The highest BCUT2D eigenvalue weighted by Crippen LogP contribution is 2.32. The van der Waals surface area contributed by atoms with Gasteiger partial charge in [0, 0.05) is 24.5 Å². The highest BCUT2D eigenvalue weighted by atomic mass is 19.4. The fourth-order valence-corrected chi connectivity index (χ4v) is 3.32. The molecule has 12 heteroatoms. The highest BCUT2D eigenvalue weighted by molar-refractivity contribution is 6.12. The lowest BCUT2D eigenvalue weighted by atomic mass is 10.1. The van der Waals surface area contributed by atoms with Gasteiger partial charge in [-0.2, -0.15) is 18.3 Å². The molecule has 4 rings (SSSR count). The first-order chi connectivity index (χ1) is 17.1. The number of H-pyrrole nitrogens is 1. The zero-order valence-electron chi connectivity index (χ0n) is 18.8. The molecule has 0 aliphatic heterocycles. The van der Waals surface area contributed by atoms with Gasteiger partial charge >= 0.3 is 12.2 Å². The van der Waals surface area contributed by atoms with E-state index in [2.05, 4.69) is 25.7 Å². The number of carbonyl (C=O) groups is 1. The van der Waals surface area contributed by atoms with Crippen molar-refractivity contribution in [2.45, 2.75) is 6.18 Å². The van der Waals surface area contributed by atoms with Gasteiger partial charge in [0.2, 0.25) is 0 Å². The molecule has 2 heterocycles. The molecule has 36 heavy (non-hydrogen) atoms. The third-order valence-corrected chi connectivity index (χ3v) is 5.10. The molecule has 2 aromatic heterocycles. The summed E-state index contributed by atoms with van der Waals surface area (Å²) in [5, 5.41) is 14.4. The van der Waals surface area contributed by atoms with Crippen LogP contribution >= 0.6 is 0 Å². The number of aryl methyl sites for hydroxylation is 1. The van der Waals surface area contributed by atoms with Crippen molar-refractivity contribution < 1.29 is 27.8 Å². The van der Waals surface area contributed by atoms with Crippen LogP contribution in [-0.2, 0) is 13.2 Å². The Morgan fingerprint density at radius 1 is 1.11 bits per heavy atom. The summed E-state index contributed by atoms with van der Waals surface area (Å²) >= 11 is 0. The number of nitrogens with one attached hydrogen (secondary N) is 3. The minimum absolute atomic E-state index is 0.347. The SMILES string of the molecule is Cn1cc(/C(C=[NH2+])=C/c2ncc(-c3ccc(NC(=O)Nc4cc(C(F)(F)F)ccc4F)cc3)[nH]2)cn1. The van der Waals surface area contributed by atoms with Gasteiger partial charge in [0.1, 0.15) is 11.6 Å². The summed E-state index contributed by atoms with van der Waals surface area (Å²) in [6, 6.07) is 7.47. The number of halogens is 4. The van der Waals surface area contributed by atoms with Gasteiger partial charge in [-0.3, -0.25) is 10.1 Å². The maximum atomic E-state index is 13.9. The molecule has 0 fully saturated rings. The van der Waals surface area contributed by atoms with Crippen LogP contribution in [0.15, 0.2) is 61.1 Å². The molecular weight excluding hydrogens is 478 g/mol. The average Bonchev–Trinajstić information content (AvgIpc) is 3.47. The van der Waals surface area contributed by atoms with Crippen LogP contribution in [0.5, 0.6) is 0 Å². The lowest BCUT2D eigenvalue weighted by molar-refractivity contribution is -0.137. The number of carbonyl (C=O) groups excluding carboxylic acids is 1. The number of urea groups is 1. The summed E-state index contributed by atoms with van der Waals surface area (Å²) in [5.74, 6) is -0.424. The number of rotatable bonds is 6. The zero-order chi connectivity index (χ0) is 25.9. The number of aromatic nitrogens is 4. The minimum Gasteiger partial charge on any atom is -0.338 e. The number of aromatic amines is 1. The molecule has 0 radical (unpaired) electrons. The number of allylic oxidation sites excluding steroid dienone is 1. The van der Waals surface area contributed by atoms with Gasteiger partial charge in [0.05, 0.1) is 34.9 Å². The molecule has 0 bridgehead atoms. The van der Waals surface area contributed by atoms with Crippen LogP contribution < -0.4 is 16.0 Å². The van der Waals surface area contributed by atoms with E-state index >= 15 is 0 Å². The first-order valence-corrected chi connectivity index (χ1v) is 10.5. The van der Waals surface area contributed by atoms with E-state index in [1.165, 1.54) is 6.21 Å². The molecular formula is C24H20F4N7O+. The van der Waals surface area contributed by atoms with Crippen LogP contribution in [0.3, 0.4) is 0 Å². The van der Waals surface area contributed by atoms with Gasteiger partial charge in [-0.25, -0.2) is 14.2 Å². The number of alkyl halides is 3. The number of amides is 2. The molecule has 0 saturated carbocycles. The van der Waals surface area contributed by atoms with Crippen LogP contribution in [0.25, 0.3) is 22.9 Å². The van der Waals surface area contributed by atoms with E-state index in [0.29, 0.717) is 35.4 Å². The van der Waals surface area contributed by atoms with E-state index in [1.807, 2.05) is 6.20 Å². The average molecular weight is 498 g/mol. The first-order valence-electron chi connectivity index (χ1n) is 10.5. The first kappa shape index (κ1) is 24.4. The zero-order valence-corrected chi connectivity index (χ0v) is 18.8. The quantitative estimate of drug-likeness (QED) is 0.238. The number of nitrogens with two attached hydrogens (primary N) is 1. The third kappa shape index (κ3) is 5.66. The molecule has 2 aromatic carbocycles. The number of anilines is 2. The summed E-state index contributed by atoms with van der Waals surface area (Å²) in [7, 11) is 1.80. The Labute approximate surface area is 202 Å². The largest absolute Gasteiger partial charge is 0.416 e. The van der Waals surface area contributed by atoms with Gasteiger partial charge in [-0.15, -0.1) is 0 Å². The van der Waals surface area contributed by atoms with Crippen LogP contribution in [-0.4, -0.2) is 32.0 Å². The fraction of sp³-hybridized carbons (Fsp3) is 0.0833. The molecule has 0 unspecified atom stereocenters. The molecule has 0 saturated heterocycles. The molecule has 2 amide bonds. The van der Waals surface area contributed by atoms with Gasteiger partial charge in [0.15, 0.2) is 6.21 Å².